The van der Waals surface area contributed by atoms with Crippen molar-refractivity contribution in [3.63, 3.8) is 0 Å². The van der Waals surface area contributed by atoms with Gasteiger partial charge >= 0.3 is 0 Å². The van der Waals surface area contributed by atoms with Gasteiger partial charge in [0, 0.05) is 16.5 Å². The zero-order valence-corrected chi connectivity index (χ0v) is 9.97. The Balaban J connectivity index is 2.56. The monoisotopic (exact) mass is 235 g/mol. The Bertz CT molecular complexity index is 496. The van der Waals surface area contributed by atoms with Gasteiger partial charge in [-0.15, -0.1) is 11.8 Å². The number of ether oxygens (including phenoxy) is 1. The quantitative estimate of drug-likeness (QED) is 0.802. The number of nitrogens with one attached hydrogen (secondary N) is 1. The first-order chi connectivity index (χ1) is 7.76. The first-order valence-corrected chi connectivity index (χ1v) is 6.01. The third kappa shape index (κ3) is 1.86. The summed E-state index contributed by atoms with van der Waals surface area (Å²) in [7, 11) is 1.66. The van der Waals surface area contributed by atoms with E-state index < -0.39 is 0 Å². The molecule has 5 heteroatoms. The number of nitrogens with two attached hydrogens (primary N) is 1. The molecule has 1 heterocycles. The highest BCUT2D eigenvalue weighted by Crippen LogP contribution is 2.36. The number of nitrogens with zero attached hydrogens (tertiary/aromatic N) is 1. The van der Waals surface area contributed by atoms with Crippen LogP contribution in [0.3, 0.4) is 0 Å². The fourth-order valence-electron chi connectivity index (χ4n) is 1.57. The largest absolute Gasteiger partial charge is 0.495 e. The van der Waals surface area contributed by atoms with Crippen molar-refractivity contribution in [2.45, 2.75) is 4.90 Å². The van der Waals surface area contributed by atoms with Crippen molar-refractivity contribution >= 4 is 17.6 Å². The highest BCUT2D eigenvalue weighted by Gasteiger charge is 2.11. The molecule has 0 bridgehead atoms. The smallest absolute Gasteiger partial charge is 0.145 e. The highest BCUT2D eigenvalue weighted by atomic mass is 32.2. The molecule has 0 unspecified atom stereocenters. The molecule has 0 fully saturated rings. The van der Waals surface area contributed by atoms with Gasteiger partial charge in [0.15, 0.2) is 0 Å². The van der Waals surface area contributed by atoms with E-state index in [9.17, 15) is 0 Å². The van der Waals surface area contributed by atoms with E-state index in [0.29, 0.717) is 5.82 Å². The zero-order valence-electron chi connectivity index (χ0n) is 9.15. The second-order valence-electron chi connectivity index (χ2n) is 3.25. The third-order valence-corrected chi connectivity index (χ3v) is 3.05. The normalized spacial score (nSPS) is 10.4. The van der Waals surface area contributed by atoms with Crippen LogP contribution in [0.1, 0.15) is 0 Å². The number of anilines is 1. The second kappa shape index (κ2) is 4.49. The number of benzene rings is 1. The van der Waals surface area contributed by atoms with Crippen molar-refractivity contribution in [2.24, 2.45) is 0 Å². The van der Waals surface area contributed by atoms with Gasteiger partial charge in [-0.2, -0.15) is 5.10 Å². The van der Waals surface area contributed by atoms with Gasteiger partial charge in [0.2, 0.25) is 0 Å². The van der Waals surface area contributed by atoms with Crippen LogP contribution in [-0.4, -0.2) is 23.6 Å². The summed E-state index contributed by atoms with van der Waals surface area (Å²) in [5, 5.41) is 6.80. The summed E-state index contributed by atoms with van der Waals surface area (Å²) >= 11 is 1.65. The van der Waals surface area contributed by atoms with Crippen LogP contribution in [0.5, 0.6) is 5.75 Å². The van der Waals surface area contributed by atoms with Gasteiger partial charge in [0.1, 0.15) is 11.6 Å². The SMILES string of the molecule is COc1c(SC)cccc1-c1cc(N)n[nH]1. The molecule has 1 aromatic carbocycles. The predicted molar refractivity (Wildman–Crippen MR) is 66.8 cm³/mol. The van der Waals surface area contributed by atoms with Crippen LogP contribution in [0.15, 0.2) is 29.2 Å². The average molecular weight is 235 g/mol. The minimum atomic E-state index is 0.478. The molecule has 84 valence electrons. The molecule has 0 spiro atoms. The first kappa shape index (κ1) is 10.9. The van der Waals surface area contributed by atoms with Crippen LogP contribution in [0.4, 0.5) is 5.82 Å². The number of rotatable bonds is 3. The molecule has 0 saturated heterocycles. The number of para-hydroxylation sites is 1. The Kier molecular flexibility index (Phi) is 3.05. The lowest BCUT2D eigenvalue weighted by Gasteiger charge is -2.10. The molecule has 2 rings (SSSR count). The zero-order chi connectivity index (χ0) is 11.5. The number of methoxy groups -OCH3 is 1. The van der Waals surface area contributed by atoms with Crippen molar-refractivity contribution in [3.05, 3.63) is 24.3 Å². The molecule has 4 nitrogen and oxygen atoms in total. The maximum atomic E-state index is 5.59. The molecule has 1 aromatic heterocycles. The predicted octanol–water partition coefficient (Wildman–Crippen LogP) is 2.39. The molecule has 0 aliphatic rings. The Morgan fingerprint density at radius 1 is 1.44 bits per heavy atom. The Labute approximate surface area is 98.2 Å². The van der Waals surface area contributed by atoms with E-state index in [1.165, 1.54) is 0 Å². The summed E-state index contributed by atoms with van der Waals surface area (Å²) in [5.41, 5.74) is 7.43. The van der Waals surface area contributed by atoms with Crippen LogP contribution in [0, 0.1) is 0 Å². The van der Waals surface area contributed by atoms with Crippen LogP contribution in [0.25, 0.3) is 11.3 Å². The van der Waals surface area contributed by atoms with E-state index >= 15 is 0 Å². The highest BCUT2D eigenvalue weighted by molar-refractivity contribution is 7.98. The van der Waals surface area contributed by atoms with Crippen molar-refractivity contribution < 1.29 is 4.74 Å². The lowest BCUT2D eigenvalue weighted by molar-refractivity contribution is 0.406. The summed E-state index contributed by atoms with van der Waals surface area (Å²) < 4.78 is 5.42. The Morgan fingerprint density at radius 3 is 2.81 bits per heavy atom. The molecule has 3 N–H and O–H groups in total. The third-order valence-electron chi connectivity index (χ3n) is 2.29. The molecule has 0 saturated carbocycles. The Hall–Kier alpha value is -1.62. The number of thioether (sulfide) groups is 1. The van der Waals surface area contributed by atoms with E-state index in [-0.39, 0.29) is 0 Å². The van der Waals surface area contributed by atoms with E-state index in [1.807, 2.05) is 24.5 Å². The first-order valence-electron chi connectivity index (χ1n) is 4.78. The van der Waals surface area contributed by atoms with Gasteiger partial charge in [-0.3, -0.25) is 5.10 Å². The van der Waals surface area contributed by atoms with Gasteiger partial charge in [0.05, 0.1) is 12.8 Å². The fraction of sp³-hybridized carbons (Fsp3) is 0.182. The maximum Gasteiger partial charge on any atom is 0.145 e. The second-order valence-corrected chi connectivity index (χ2v) is 4.10. The molecule has 0 aliphatic heterocycles. The summed E-state index contributed by atoms with van der Waals surface area (Å²) in [4.78, 5) is 1.09. The molecular formula is C11H13N3OS. The summed E-state index contributed by atoms with van der Waals surface area (Å²) in [5.74, 6) is 1.32. The van der Waals surface area contributed by atoms with Gasteiger partial charge < -0.3 is 10.5 Å². The Morgan fingerprint density at radius 2 is 2.25 bits per heavy atom. The van der Waals surface area contributed by atoms with Crippen molar-refractivity contribution in [2.75, 3.05) is 19.1 Å². The lowest BCUT2D eigenvalue weighted by atomic mass is 10.1. The fourth-order valence-corrected chi connectivity index (χ4v) is 2.17. The van der Waals surface area contributed by atoms with Gasteiger partial charge in [0.25, 0.3) is 0 Å². The molecule has 16 heavy (non-hydrogen) atoms. The van der Waals surface area contributed by atoms with Crippen LogP contribution >= 0.6 is 11.8 Å². The minimum absolute atomic E-state index is 0.478. The lowest BCUT2D eigenvalue weighted by Crippen LogP contribution is -1.90. The van der Waals surface area contributed by atoms with Gasteiger partial charge in [-0.1, -0.05) is 6.07 Å². The topological polar surface area (TPSA) is 63.9 Å². The number of aromatic amines is 1. The molecular weight excluding hydrogens is 222 g/mol. The van der Waals surface area contributed by atoms with Crippen molar-refractivity contribution in [3.8, 4) is 17.0 Å². The van der Waals surface area contributed by atoms with Crippen LogP contribution < -0.4 is 10.5 Å². The van der Waals surface area contributed by atoms with Crippen LogP contribution in [-0.2, 0) is 0 Å². The van der Waals surface area contributed by atoms with Crippen LogP contribution in [0.2, 0.25) is 0 Å². The number of aromatic nitrogens is 2. The molecule has 0 radical (unpaired) electrons. The standard InChI is InChI=1S/C11H13N3OS/c1-15-11-7(4-3-5-9(11)16-2)8-6-10(12)14-13-8/h3-6H,1-2H3,(H3,12,13,14). The summed E-state index contributed by atoms with van der Waals surface area (Å²) in [6.07, 6.45) is 2.02. The number of hydrogen-bond donors (Lipinski definition) is 2. The number of hydrogen-bond acceptors (Lipinski definition) is 4. The number of nitrogen functional groups attached to an aromatic ring is 1. The summed E-state index contributed by atoms with van der Waals surface area (Å²) in [6, 6.07) is 7.78. The van der Waals surface area contributed by atoms with E-state index in [4.69, 9.17) is 10.5 Å². The molecule has 0 aliphatic carbocycles. The van der Waals surface area contributed by atoms with Crippen molar-refractivity contribution in [1.29, 1.82) is 0 Å². The van der Waals surface area contributed by atoms with Gasteiger partial charge in [-0.25, -0.2) is 0 Å². The van der Waals surface area contributed by atoms with Gasteiger partial charge in [-0.05, 0) is 18.4 Å². The molecule has 0 atom stereocenters. The molecule has 2 aromatic rings. The number of H-pyrrole nitrogens is 1. The molecule has 0 amide bonds. The minimum Gasteiger partial charge on any atom is -0.495 e. The van der Waals surface area contributed by atoms with E-state index in [2.05, 4.69) is 10.2 Å². The maximum absolute atomic E-state index is 5.59. The van der Waals surface area contributed by atoms with E-state index in [0.717, 1.165) is 21.9 Å². The van der Waals surface area contributed by atoms with E-state index in [1.54, 1.807) is 24.9 Å². The summed E-state index contributed by atoms with van der Waals surface area (Å²) in [6.45, 7) is 0. The average Bonchev–Trinajstić information content (AvgIpc) is 2.74. The van der Waals surface area contributed by atoms with Crippen molar-refractivity contribution in [1.82, 2.24) is 10.2 Å².